The maximum atomic E-state index is 12.1. The number of anilines is 1. The molecule has 0 radical (unpaired) electrons. The van der Waals surface area contributed by atoms with Gasteiger partial charge in [-0.25, -0.2) is 13.1 Å². The first-order chi connectivity index (χ1) is 11.9. The maximum absolute atomic E-state index is 12.1. The zero-order valence-electron chi connectivity index (χ0n) is 13.7. The first-order valence-corrected chi connectivity index (χ1v) is 9.07. The van der Waals surface area contributed by atoms with Gasteiger partial charge in [-0.1, -0.05) is 24.3 Å². The number of nitrogens with one attached hydrogen (secondary N) is 3. The molecule has 0 saturated heterocycles. The van der Waals surface area contributed by atoms with Crippen LogP contribution in [0.1, 0.15) is 17.3 Å². The van der Waals surface area contributed by atoms with Crippen LogP contribution in [0, 0.1) is 0 Å². The van der Waals surface area contributed by atoms with Gasteiger partial charge in [0.2, 0.25) is 15.9 Å². The van der Waals surface area contributed by atoms with Gasteiger partial charge in [0.05, 0.1) is 4.90 Å². The summed E-state index contributed by atoms with van der Waals surface area (Å²) in [5, 5.41) is 5.22. The van der Waals surface area contributed by atoms with Crippen molar-refractivity contribution in [3.8, 4) is 0 Å². The van der Waals surface area contributed by atoms with Gasteiger partial charge in [-0.15, -0.1) is 0 Å². The lowest BCUT2D eigenvalue weighted by Gasteiger charge is -2.09. The lowest BCUT2D eigenvalue weighted by Crippen LogP contribution is -2.34. The smallest absolute Gasteiger partial charge is 0.251 e. The third-order valence-corrected chi connectivity index (χ3v) is 4.68. The summed E-state index contributed by atoms with van der Waals surface area (Å²) < 4.78 is 26.5. The predicted octanol–water partition coefficient (Wildman–Crippen LogP) is 1.35. The fraction of sp³-hybridized carbons (Fsp3) is 0.176. The molecule has 7 nitrogen and oxygen atoms in total. The molecule has 0 aliphatic carbocycles. The lowest BCUT2D eigenvalue weighted by molar-refractivity contribution is -0.114. The van der Waals surface area contributed by atoms with Gasteiger partial charge in [0, 0.05) is 31.3 Å². The summed E-state index contributed by atoms with van der Waals surface area (Å²) in [7, 11) is -3.59. The van der Waals surface area contributed by atoms with Gasteiger partial charge in [-0.2, -0.15) is 0 Å². The number of rotatable bonds is 7. The second kappa shape index (κ2) is 8.41. The van der Waals surface area contributed by atoms with E-state index in [2.05, 4.69) is 15.4 Å². The third-order valence-electron chi connectivity index (χ3n) is 3.20. The van der Waals surface area contributed by atoms with Gasteiger partial charge in [0.25, 0.3) is 5.91 Å². The first kappa shape index (κ1) is 18.6. The molecule has 0 fully saturated rings. The zero-order valence-corrected chi connectivity index (χ0v) is 14.5. The summed E-state index contributed by atoms with van der Waals surface area (Å²) in [5.41, 5.74) is 0.891. The second-order valence-electron chi connectivity index (χ2n) is 5.23. The molecule has 0 aliphatic rings. The average molecular weight is 361 g/mol. The van der Waals surface area contributed by atoms with Gasteiger partial charge >= 0.3 is 0 Å². The average Bonchev–Trinajstić information content (AvgIpc) is 2.59. The Labute approximate surface area is 146 Å². The Hall–Kier alpha value is -2.71. The van der Waals surface area contributed by atoms with Crippen molar-refractivity contribution in [1.82, 2.24) is 10.0 Å². The van der Waals surface area contributed by atoms with E-state index in [0.29, 0.717) is 11.3 Å². The molecule has 2 aromatic rings. The third kappa shape index (κ3) is 5.70. The molecule has 2 rings (SSSR count). The van der Waals surface area contributed by atoms with Crippen LogP contribution in [0.25, 0.3) is 0 Å². The molecule has 8 heteroatoms. The molecule has 0 saturated carbocycles. The van der Waals surface area contributed by atoms with Crippen LogP contribution in [-0.2, 0) is 14.8 Å². The normalized spacial score (nSPS) is 10.9. The number of sulfonamides is 1. The van der Waals surface area contributed by atoms with E-state index in [1.54, 1.807) is 42.5 Å². The Morgan fingerprint density at radius 3 is 2.36 bits per heavy atom. The topological polar surface area (TPSA) is 104 Å². The summed E-state index contributed by atoms with van der Waals surface area (Å²) in [5.74, 6) is -0.584. The van der Waals surface area contributed by atoms with Gasteiger partial charge in [0.1, 0.15) is 0 Å². The summed E-state index contributed by atoms with van der Waals surface area (Å²) in [4.78, 5) is 23.3. The number of hydrogen-bond acceptors (Lipinski definition) is 4. The second-order valence-corrected chi connectivity index (χ2v) is 7.00. The van der Waals surface area contributed by atoms with Crippen molar-refractivity contribution >= 4 is 27.5 Å². The van der Waals surface area contributed by atoms with Crippen LogP contribution in [0.15, 0.2) is 59.5 Å². The van der Waals surface area contributed by atoms with Crippen LogP contribution in [0.2, 0.25) is 0 Å². The monoisotopic (exact) mass is 361 g/mol. The van der Waals surface area contributed by atoms with Crippen molar-refractivity contribution in [2.24, 2.45) is 0 Å². The minimum absolute atomic E-state index is 0.0638. The number of hydrogen-bond donors (Lipinski definition) is 3. The minimum Gasteiger partial charge on any atom is -0.351 e. The SMILES string of the molecule is CC(=O)Nc1cccc(C(=O)NCCNS(=O)(=O)c2ccccc2)c1. The summed E-state index contributed by atoms with van der Waals surface area (Å²) in [6.45, 7) is 1.58. The summed E-state index contributed by atoms with van der Waals surface area (Å²) >= 11 is 0. The van der Waals surface area contributed by atoms with Crippen molar-refractivity contribution in [3.05, 3.63) is 60.2 Å². The molecule has 0 aromatic heterocycles. The molecule has 2 aromatic carbocycles. The molecule has 132 valence electrons. The maximum Gasteiger partial charge on any atom is 0.251 e. The van der Waals surface area contributed by atoms with E-state index in [1.807, 2.05) is 0 Å². The Balaban J connectivity index is 1.86. The molecular weight excluding hydrogens is 342 g/mol. The van der Waals surface area contributed by atoms with E-state index >= 15 is 0 Å². The van der Waals surface area contributed by atoms with Crippen LogP contribution < -0.4 is 15.4 Å². The van der Waals surface area contributed by atoms with Crippen LogP contribution in [0.3, 0.4) is 0 Å². The Morgan fingerprint density at radius 2 is 1.68 bits per heavy atom. The molecule has 0 bridgehead atoms. The summed E-state index contributed by atoms with van der Waals surface area (Å²) in [6, 6.07) is 14.5. The van der Waals surface area contributed by atoms with Crippen LogP contribution in [0.4, 0.5) is 5.69 Å². The summed E-state index contributed by atoms with van der Waals surface area (Å²) in [6.07, 6.45) is 0. The molecule has 0 aliphatic heterocycles. The van der Waals surface area contributed by atoms with E-state index in [4.69, 9.17) is 0 Å². The van der Waals surface area contributed by atoms with Crippen LogP contribution in [0.5, 0.6) is 0 Å². The standard InChI is InChI=1S/C17H19N3O4S/c1-13(21)20-15-7-5-6-14(12-15)17(22)18-10-11-19-25(23,24)16-8-3-2-4-9-16/h2-9,12,19H,10-11H2,1H3,(H,18,22)(H,20,21). The molecule has 0 spiro atoms. The molecule has 0 unspecified atom stereocenters. The molecule has 0 heterocycles. The van der Waals surface area contributed by atoms with Crippen molar-refractivity contribution in [3.63, 3.8) is 0 Å². The van der Waals surface area contributed by atoms with E-state index in [0.717, 1.165) is 0 Å². The van der Waals surface area contributed by atoms with Crippen molar-refractivity contribution in [2.75, 3.05) is 18.4 Å². The van der Waals surface area contributed by atoms with Crippen LogP contribution >= 0.6 is 0 Å². The number of benzene rings is 2. The Morgan fingerprint density at radius 1 is 0.960 bits per heavy atom. The van der Waals surface area contributed by atoms with E-state index in [1.165, 1.54) is 19.1 Å². The minimum atomic E-state index is -3.59. The number of carbonyl (C=O) groups excluding carboxylic acids is 2. The van der Waals surface area contributed by atoms with Crippen molar-refractivity contribution in [1.29, 1.82) is 0 Å². The largest absolute Gasteiger partial charge is 0.351 e. The fourth-order valence-corrected chi connectivity index (χ4v) is 3.14. The van der Waals surface area contributed by atoms with Crippen molar-refractivity contribution < 1.29 is 18.0 Å². The highest BCUT2D eigenvalue weighted by atomic mass is 32.2. The zero-order chi connectivity index (χ0) is 18.3. The highest BCUT2D eigenvalue weighted by Gasteiger charge is 2.12. The molecule has 25 heavy (non-hydrogen) atoms. The van der Waals surface area contributed by atoms with Gasteiger partial charge in [-0.3, -0.25) is 9.59 Å². The van der Waals surface area contributed by atoms with E-state index in [9.17, 15) is 18.0 Å². The Bertz CT molecular complexity index is 851. The fourth-order valence-electron chi connectivity index (χ4n) is 2.09. The predicted molar refractivity (Wildman–Crippen MR) is 94.7 cm³/mol. The van der Waals surface area contributed by atoms with E-state index < -0.39 is 10.0 Å². The molecular formula is C17H19N3O4S. The number of amides is 2. The van der Waals surface area contributed by atoms with Gasteiger partial charge < -0.3 is 10.6 Å². The van der Waals surface area contributed by atoms with Gasteiger partial charge in [-0.05, 0) is 30.3 Å². The molecule has 2 amide bonds. The van der Waals surface area contributed by atoms with E-state index in [-0.39, 0.29) is 29.8 Å². The Kier molecular flexibility index (Phi) is 6.26. The van der Waals surface area contributed by atoms with Crippen molar-refractivity contribution in [2.45, 2.75) is 11.8 Å². The highest BCUT2D eigenvalue weighted by Crippen LogP contribution is 2.10. The quantitative estimate of drug-likeness (QED) is 0.648. The first-order valence-electron chi connectivity index (χ1n) is 7.59. The number of carbonyl (C=O) groups is 2. The highest BCUT2D eigenvalue weighted by molar-refractivity contribution is 7.89. The van der Waals surface area contributed by atoms with Gasteiger partial charge in [0.15, 0.2) is 0 Å². The van der Waals surface area contributed by atoms with Crippen LogP contribution in [-0.4, -0.2) is 33.3 Å². The molecule has 0 atom stereocenters. The lowest BCUT2D eigenvalue weighted by atomic mass is 10.2. The molecule has 3 N–H and O–H groups in total.